The zero-order valence-electron chi connectivity index (χ0n) is 24.4. The first-order chi connectivity index (χ1) is 21.6. The topological polar surface area (TPSA) is 238 Å². The van der Waals surface area contributed by atoms with E-state index in [0.717, 1.165) is 16.5 Å². The van der Waals surface area contributed by atoms with E-state index in [0.29, 0.717) is 11.3 Å². The van der Waals surface area contributed by atoms with E-state index in [4.69, 9.17) is 11.5 Å². The first kappa shape index (κ1) is 32.4. The number of imidazole rings is 1. The summed E-state index contributed by atoms with van der Waals surface area (Å²) in [6.07, 6.45) is 4.28. The van der Waals surface area contributed by atoms with Gasteiger partial charge in [0.2, 0.25) is 23.6 Å². The van der Waals surface area contributed by atoms with Crippen LogP contribution in [-0.4, -0.2) is 73.8 Å². The number of hydrogen-bond acceptors (Lipinski definition) is 7. The van der Waals surface area contributed by atoms with Crippen molar-refractivity contribution in [2.24, 2.45) is 11.5 Å². The lowest BCUT2D eigenvalue weighted by Gasteiger charge is -2.25. The van der Waals surface area contributed by atoms with Gasteiger partial charge in [-0.1, -0.05) is 48.5 Å². The average molecular weight is 617 g/mol. The number of carboxylic acids is 1. The van der Waals surface area contributed by atoms with Crippen LogP contribution in [0.3, 0.4) is 0 Å². The van der Waals surface area contributed by atoms with Crippen LogP contribution in [-0.2, 0) is 43.2 Å². The molecule has 236 valence electrons. The molecule has 4 atom stereocenters. The summed E-state index contributed by atoms with van der Waals surface area (Å²) in [4.78, 5) is 73.7. The van der Waals surface area contributed by atoms with Crippen molar-refractivity contribution in [2.75, 3.05) is 0 Å². The number of aromatic amines is 2. The van der Waals surface area contributed by atoms with E-state index >= 15 is 0 Å². The van der Waals surface area contributed by atoms with E-state index in [9.17, 15) is 29.1 Å². The molecular weight excluding hydrogens is 580 g/mol. The molecular formula is C31H36N8O6. The van der Waals surface area contributed by atoms with Crippen molar-refractivity contribution in [2.45, 2.75) is 56.3 Å². The van der Waals surface area contributed by atoms with Gasteiger partial charge in [0.05, 0.1) is 12.4 Å². The van der Waals surface area contributed by atoms with Gasteiger partial charge in [-0.05, 0) is 30.0 Å². The lowest BCUT2D eigenvalue weighted by Crippen LogP contribution is -2.58. The number of benzene rings is 2. The molecule has 0 saturated heterocycles. The molecule has 4 unspecified atom stereocenters. The van der Waals surface area contributed by atoms with E-state index in [1.807, 2.05) is 54.6 Å². The minimum Gasteiger partial charge on any atom is -0.480 e. The van der Waals surface area contributed by atoms with Gasteiger partial charge < -0.3 is 42.5 Å². The number of fused-ring (bicyclic) bond motifs is 1. The number of carbonyl (C=O) groups is 5. The Kier molecular flexibility index (Phi) is 11.0. The Morgan fingerprint density at radius 1 is 0.800 bits per heavy atom. The van der Waals surface area contributed by atoms with Crippen molar-refractivity contribution in [3.8, 4) is 0 Å². The number of rotatable bonds is 16. The third kappa shape index (κ3) is 9.24. The Morgan fingerprint density at radius 3 is 2.16 bits per heavy atom. The predicted octanol–water partition coefficient (Wildman–Crippen LogP) is 0.0507. The molecule has 14 heteroatoms. The summed E-state index contributed by atoms with van der Waals surface area (Å²) in [5, 5.41) is 18.4. The summed E-state index contributed by atoms with van der Waals surface area (Å²) in [5.41, 5.74) is 14.2. The molecule has 0 saturated carbocycles. The van der Waals surface area contributed by atoms with Gasteiger partial charge in [-0.15, -0.1) is 0 Å². The van der Waals surface area contributed by atoms with Gasteiger partial charge in [-0.25, -0.2) is 9.78 Å². The molecule has 10 N–H and O–H groups in total. The van der Waals surface area contributed by atoms with Gasteiger partial charge in [0.1, 0.15) is 18.1 Å². The normalized spacial score (nSPS) is 13.7. The number of amides is 4. The summed E-state index contributed by atoms with van der Waals surface area (Å²) in [6, 6.07) is 11.6. The SMILES string of the molecule is NC(=O)CCC(NC(=O)C(N)Cc1ccccc1)C(=O)NC(Cc1c[nH]c2ccccc12)C(=O)NC(Cc1cnc[nH]1)C(=O)O. The summed E-state index contributed by atoms with van der Waals surface area (Å²) in [7, 11) is 0. The molecule has 4 rings (SSSR count). The molecule has 14 nitrogen and oxygen atoms in total. The Morgan fingerprint density at radius 2 is 1.47 bits per heavy atom. The second-order valence-electron chi connectivity index (χ2n) is 10.7. The van der Waals surface area contributed by atoms with E-state index in [-0.39, 0.29) is 32.1 Å². The molecule has 0 fully saturated rings. The second kappa shape index (κ2) is 15.3. The fourth-order valence-electron chi connectivity index (χ4n) is 4.89. The van der Waals surface area contributed by atoms with Crippen molar-refractivity contribution in [3.63, 3.8) is 0 Å². The number of nitrogens with two attached hydrogens (primary N) is 2. The quantitative estimate of drug-likeness (QED) is 0.0854. The molecule has 2 aromatic carbocycles. The molecule has 2 heterocycles. The molecule has 0 aliphatic rings. The third-order valence-electron chi connectivity index (χ3n) is 7.27. The first-order valence-corrected chi connectivity index (χ1v) is 14.3. The molecule has 0 aliphatic carbocycles. The highest BCUT2D eigenvalue weighted by Gasteiger charge is 2.31. The first-order valence-electron chi connectivity index (χ1n) is 14.3. The van der Waals surface area contributed by atoms with Crippen LogP contribution in [0.2, 0.25) is 0 Å². The smallest absolute Gasteiger partial charge is 0.326 e. The Balaban J connectivity index is 1.54. The average Bonchev–Trinajstić information content (AvgIpc) is 3.68. The van der Waals surface area contributed by atoms with Gasteiger partial charge in [0.15, 0.2) is 0 Å². The van der Waals surface area contributed by atoms with E-state index < -0.39 is 53.8 Å². The highest BCUT2D eigenvalue weighted by molar-refractivity contribution is 5.95. The van der Waals surface area contributed by atoms with E-state index in [2.05, 4.69) is 30.9 Å². The second-order valence-corrected chi connectivity index (χ2v) is 10.7. The Hall–Kier alpha value is -5.50. The van der Waals surface area contributed by atoms with Crippen LogP contribution >= 0.6 is 0 Å². The Labute approximate surface area is 258 Å². The predicted molar refractivity (Wildman–Crippen MR) is 164 cm³/mol. The number of aliphatic carboxylic acids is 1. The number of H-pyrrole nitrogens is 2. The van der Waals surface area contributed by atoms with Crippen LogP contribution < -0.4 is 27.4 Å². The number of carboxylic acid groups (broad SMARTS) is 1. The van der Waals surface area contributed by atoms with Crippen LogP contribution in [0.5, 0.6) is 0 Å². The fraction of sp³-hybridized carbons (Fsp3) is 0.290. The summed E-state index contributed by atoms with van der Waals surface area (Å²) in [5.74, 6) is -4.13. The zero-order chi connectivity index (χ0) is 32.3. The maximum absolute atomic E-state index is 13.6. The number of nitrogens with one attached hydrogen (secondary N) is 5. The van der Waals surface area contributed by atoms with Crippen LogP contribution in [0, 0.1) is 0 Å². The molecule has 4 aromatic rings. The standard InChI is InChI=1S/C31H36N8O6/c32-22(12-18-6-2-1-3-7-18)28(41)37-24(10-11-27(33)40)29(42)38-25(13-19-15-35-23-9-5-4-8-21(19)23)30(43)39-26(31(44)45)14-20-16-34-17-36-20/h1-9,15-17,22,24-26,35H,10-14,32H2,(H2,33,40)(H,34,36)(H,37,41)(H,38,42)(H,39,43)(H,44,45). The summed E-state index contributed by atoms with van der Waals surface area (Å²) < 4.78 is 0. The van der Waals surface area contributed by atoms with Crippen LogP contribution in [0.15, 0.2) is 73.3 Å². The lowest BCUT2D eigenvalue weighted by molar-refractivity contribution is -0.142. The zero-order valence-corrected chi connectivity index (χ0v) is 24.4. The van der Waals surface area contributed by atoms with E-state index in [1.165, 1.54) is 12.5 Å². The number of hydrogen-bond donors (Lipinski definition) is 8. The number of carbonyl (C=O) groups excluding carboxylic acids is 4. The van der Waals surface area contributed by atoms with Gasteiger partial charge in [0, 0.05) is 48.3 Å². The molecule has 0 radical (unpaired) electrons. The number of nitrogens with zero attached hydrogens (tertiary/aromatic N) is 1. The van der Waals surface area contributed by atoms with Gasteiger partial charge in [-0.2, -0.15) is 0 Å². The van der Waals surface area contributed by atoms with E-state index in [1.54, 1.807) is 6.20 Å². The molecule has 4 amide bonds. The molecule has 45 heavy (non-hydrogen) atoms. The van der Waals surface area contributed by atoms with Crippen molar-refractivity contribution in [1.82, 2.24) is 30.9 Å². The van der Waals surface area contributed by atoms with Crippen LogP contribution in [0.1, 0.15) is 29.7 Å². The van der Waals surface area contributed by atoms with Crippen molar-refractivity contribution in [3.05, 3.63) is 90.1 Å². The van der Waals surface area contributed by atoms with Gasteiger partial charge >= 0.3 is 5.97 Å². The van der Waals surface area contributed by atoms with Crippen molar-refractivity contribution < 1.29 is 29.1 Å². The maximum atomic E-state index is 13.6. The number of primary amides is 1. The highest BCUT2D eigenvalue weighted by Crippen LogP contribution is 2.19. The minimum absolute atomic E-state index is 0.0119. The fourth-order valence-corrected chi connectivity index (χ4v) is 4.89. The monoisotopic (exact) mass is 616 g/mol. The van der Waals surface area contributed by atoms with Gasteiger partial charge in [-0.3, -0.25) is 19.2 Å². The highest BCUT2D eigenvalue weighted by atomic mass is 16.4. The van der Waals surface area contributed by atoms with Crippen molar-refractivity contribution in [1.29, 1.82) is 0 Å². The number of para-hydroxylation sites is 1. The summed E-state index contributed by atoms with van der Waals surface area (Å²) in [6.45, 7) is 0. The molecule has 0 bridgehead atoms. The summed E-state index contributed by atoms with van der Waals surface area (Å²) >= 11 is 0. The third-order valence-corrected chi connectivity index (χ3v) is 7.27. The molecule has 0 spiro atoms. The van der Waals surface area contributed by atoms with Gasteiger partial charge in [0.25, 0.3) is 0 Å². The number of aromatic nitrogens is 3. The molecule has 2 aromatic heterocycles. The Bertz CT molecular complexity index is 1620. The molecule has 0 aliphatic heterocycles. The largest absolute Gasteiger partial charge is 0.480 e. The van der Waals surface area contributed by atoms with Crippen molar-refractivity contribution >= 4 is 40.5 Å². The van der Waals surface area contributed by atoms with Crippen LogP contribution in [0.4, 0.5) is 0 Å². The minimum atomic E-state index is -1.33. The maximum Gasteiger partial charge on any atom is 0.326 e. The lowest BCUT2D eigenvalue weighted by atomic mass is 10.0. The van der Waals surface area contributed by atoms with Crippen LogP contribution in [0.25, 0.3) is 10.9 Å².